The molecule has 2 atom stereocenters. The van der Waals surface area contributed by atoms with E-state index < -0.39 is 0 Å². The first kappa shape index (κ1) is 9.77. The van der Waals surface area contributed by atoms with Crippen LogP contribution >= 0.6 is 0 Å². The number of carbonyl (C=O) groups excluding carboxylic acids is 1. The molecule has 2 fully saturated rings. The molecule has 2 N–H and O–H groups in total. The fourth-order valence-electron chi connectivity index (χ4n) is 2.38. The van der Waals surface area contributed by atoms with Gasteiger partial charge in [0.2, 0.25) is 0 Å². The van der Waals surface area contributed by atoms with Gasteiger partial charge in [-0.25, -0.2) is 4.79 Å². The van der Waals surface area contributed by atoms with E-state index in [9.17, 15) is 4.79 Å². The van der Waals surface area contributed by atoms with Gasteiger partial charge in [0.25, 0.3) is 0 Å². The van der Waals surface area contributed by atoms with E-state index in [0.29, 0.717) is 12.1 Å². The summed E-state index contributed by atoms with van der Waals surface area (Å²) in [6.45, 7) is 5.00. The van der Waals surface area contributed by atoms with Gasteiger partial charge in [-0.1, -0.05) is 0 Å². The summed E-state index contributed by atoms with van der Waals surface area (Å²) in [7, 11) is 0. The summed E-state index contributed by atoms with van der Waals surface area (Å²) in [4.78, 5) is 13.6. The van der Waals surface area contributed by atoms with Gasteiger partial charge in [-0.3, -0.25) is 0 Å². The third-order valence-corrected chi connectivity index (χ3v) is 3.15. The Morgan fingerprint density at radius 1 is 1.43 bits per heavy atom. The van der Waals surface area contributed by atoms with Gasteiger partial charge in [-0.05, 0) is 32.7 Å². The zero-order valence-electron chi connectivity index (χ0n) is 8.75. The highest BCUT2D eigenvalue weighted by Crippen LogP contribution is 2.17. The molecule has 14 heavy (non-hydrogen) atoms. The molecule has 2 amide bonds. The third kappa shape index (κ3) is 2.00. The zero-order valence-corrected chi connectivity index (χ0v) is 8.75. The monoisotopic (exact) mass is 197 g/mol. The lowest BCUT2D eigenvalue weighted by molar-refractivity contribution is 0.138. The molecule has 0 saturated carbocycles. The highest BCUT2D eigenvalue weighted by atomic mass is 16.2. The van der Waals surface area contributed by atoms with Gasteiger partial charge in [-0.2, -0.15) is 0 Å². The smallest absolute Gasteiger partial charge is 0.317 e. The molecule has 2 unspecified atom stereocenters. The number of piperidine rings is 1. The lowest BCUT2D eigenvalue weighted by Gasteiger charge is -2.39. The molecule has 0 aromatic heterocycles. The number of nitrogens with one attached hydrogen (secondary N) is 2. The van der Waals surface area contributed by atoms with Crippen LogP contribution in [0.25, 0.3) is 0 Å². The second-order valence-corrected chi connectivity index (χ2v) is 4.31. The van der Waals surface area contributed by atoms with Crippen LogP contribution in [0.3, 0.4) is 0 Å². The summed E-state index contributed by atoms with van der Waals surface area (Å²) in [5, 5.41) is 6.32. The molecule has 0 aliphatic carbocycles. The van der Waals surface area contributed by atoms with Crippen molar-refractivity contribution in [1.29, 1.82) is 0 Å². The summed E-state index contributed by atoms with van der Waals surface area (Å²) in [5.41, 5.74) is 0. The summed E-state index contributed by atoms with van der Waals surface area (Å²) >= 11 is 0. The normalized spacial score (nSPS) is 34.1. The van der Waals surface area contributed by atoms with Crippen molar-refractivity contribution < 1.29 is 4.79 Å². The molecular weight excluding hydrogens is 178 g/mol. The van der Waals surface area contributed by atoms with E-state index in [1.807, 2.05) is 4.90 Å². The van der Waals surface area contributed by atoms with Crippen LogP contribution in [0, 0.1) is 0 Å². The van der Waals surface area contributed by atoms with Crippen LogP contribution in [-0.2, 0) is 0 Å². The van der Waals surface area contributed by atoms with Crippen molar-refractivity contribution in [2.24, 2.45) is 0 Å². The Hall–Kier alpha value is -0.770. The van der Waals surface area contributed by atoms with Gasteiger partial charge < -0.3 is 15.5 Å². The maximum Gasteiger partial charge on any atom is 0.317 e. The molecule has 2 aliphatic rings. The van der Waals surface area contributed by atoms with Crippen molar-refractivity contribution in [2.45, 2.75) is 38.3 Å². The molecule has 2 aliphatic heterocycles. The van der Waals surface area contributed by atoms with Crippen molar-refractivity contribution in [3.63, 3.8) is 0 Å². The van der Waals surface area contributed by atoms with Crippen LogP contribution in [0.15, 0.2) is 0 Å². The molecular formula is C10H19N3O. The number of amides is 2. The van der Waals surface area contributed by atoms with E-state index in [1.54, 1.807) is 0 Å². The molecule has 0 radical (unpaired) electrons. The average Bonchev–Trinajstić information content (AvgIpc) is 2.18. The fourth-order valence-corrected chi connectivity index (χ4v) is 2.38. The van der Waals surface area contributed by atoms with Crippen LogP contribution < -0.4 is 10.6 Å². The largest absolute Gasteiger partial charge is 0.338 e. The number of hydrogen-bond acceptors (Lipinski definition) is 2. The van der Waals surface area contributed by atoms with Gasteiger partial charge in [0.1, 0.15) is 0 Å². The molecule has 4 nitrogen and oxygen atoms in total. The standard InChI is InChI=1S/C10H19N3O/c1-8-7-9(3-5-11-8)13-6-2-4-12-10(13)14/h8-9,11H,2-7H2,1H3,(H,12,14). The first-order chi connectivity index (χ1) is 6.77. The van der Waals surface area contributed by atoms with Gasteiger partial charge in [-0.15, -0.1) is 0 Å². The lowest BCUT2D eigenvalue weighted by Crippen LogP contribution is -2.55. The topological polar surface area (TPSA) is 44.4 Å². The van der Waals surface area contributed by atoms with Crippen molar-refractivity contribution in [3.05, 3.63) is 0 Å². The van der Waals surface area contributed by atoms with Gasteiger partial charge in [0, 0.05) is 25.2 Å². The van der Waals surface area contributed by atoms with Crippen LogP contribution in [0.1, 0.15) is 26.2 Å². The Morgan fingerprint density at radius 3 is 3.00 bits per heavy atom. The minimum atomic E-state index is 0.135. The molecule has 4 heteroatoms. The fraction of sp³-hybridized carbons (Fsp3) is 0.900. The molecule has 2 saturated heterocycles. The Balaban J connectivity index is 1.94. The van der Waals surface area contributed by atoms with E-state index in [0.717, 1.165) is 38.9 Å². The highest BCUT2D eigenvalue weighted by Gasteiger charge is 2.28. The van der Waals surface area contributed by atoms with Crippen LogP contribution in [0.5, 0.6) is 0 Å². The summed E-state index contributed by atoms with van der Waals surface area (Å²) in [6, 6.07) is 1.13. The molecule has 0 bridgehead atoms. The van der Waals surface area contributed by atoms with Crippen LogP contribution in [-0.4, -0.2) is 42.6 Å². The van der Waals surface area contributed by atoms with E-state index >= 15 is 0 Å². The van der Waals surface area contributed by atoms with E-state index in [1.165, 1.54) is 0 Å². The predicted octanol–water partition coefficient (Wildman–Crippen LogP) is 0.542. The second-order valence-electron chi connectivity index (χ2n) is 4.31. The molecule has 2 heterocycles. The minimum absolute atomic E-state index is 0.135. The Bertz CT molecular complexity index is 219. The molecule has 0 aromatic carbocycles. The van der Waals surface area contributed by atoms with E-state index in [-0.39, 0.29) is 6.03 Å². The first-order valence-electron chi connectivity index (χ1n) is 5.55. The number of nitrogens with zero attached hydrogens (tertiary/aromatic N) is 1. The van der Waals surface area contributed by atoms with Crippen LogP contribution in [0.2, 0.25) is 0 Å². The Morgan fingerprint density at radius 2 is 2.29 bits per heavy atom. The van der Waals surface area contributed by atoms with Crippen molar-refractivity contribution in [1.82, 2.24) is 15.5 Å². The van der Waals surface area contributed by atoms with E-state index in [2.05, 4.69) is 17.6 Å². The van der Waals surface area contributed by atoms with Gasteiger partial charge >= 0.3 is 6.03 Å². The zero-order chi connectivity index (χ0) is 9.97. The van der Waals surface area contributed by atoms with E-state index in [4.69, 9.17) is 0 Å². The lowest BCUT2D eigenvalue weighted by atomic mass is 9.98. The summed E-state index contributed by atoms with van der Waals surface area (Å²) < 4.78 is 0. The second kappa shape index (κ2) is 4.17. The van der Waals surface area contributed by atoms with Gasteiger partial charge in [0.15, 0.2) is 0 Å². The molecule has 0 aromatic rings. The SMILES string of the molecule is CC1CC(N2CCCNC2=O)CCN1. The molecule has 0 spiro atoms. The quantitative estimate of drug-likeness (QED) is 0.644. The minimum Gasteiger partial charge on any atom is -0.338 e. The molecule has 2 rings (SSSR count). The van der Waals surface area contributed by atoms with Crippen molar-refractivity contribution in [2.75, 3.05) is 19.6 Å². The van der Waals surface area contributed by atoms with Crippen molar-refractivity contribution in [3.8, 4) is 0 Å². The number of carbonyl (C=O) groups is 1. The van der Waals surface area contributed by atoms with Crippen LogP contribution in [0.4, 0.5) is 4.79 Å². The average molecular weight is 197 g/mol. The summed E-state index contributed by atoms with van der Waals surface area (Å²) in [6.07, 6.45) is 3.27. The molecule has 80 valence electrons. The number of hydrogen-bond donors (Lipinski definition) is 2. The third-order valence-electron chi connectivity index (χ3n) is 3.15. The Kier molecular flexibility index (Phi) is 2.91. The highest BCUT2D eigenvalue weighted by molar-refractivity contribution is 5.75. The first-order valence-corrected chi connectivity index (χ1v) is 5.55. The number of urea groups is 1. The maximum atomic E-state index is 11.6. The number of rotatable bonds is 1. The van der Waals surface area contributed by atoms with Crippen molar-refractivity contribution >= 4 is 6.03 Å². The Labute approximate surface area is 85.0 Å². The predicted molar refractivity (Wildman–Crippen MR) is 55.2 cm³/mol. The summed E-state index contributed by atoms with van der Waals surface area (Å²) in [5.74, 6) is 0. The van der Waals surface area contributed by atoms with Gasteiger partial charge in [0.05, 0.1) is 0 Å². The maximum absolute atomic E-state index is 11.6.